The number of nitrogens with zero attached hydrogens (tertiary/aromatic N) is 2. The van der Waals surface area contributed by atoms with Gasteiger partial charge in [-0.05, 0) is 30.3 Å². The van der Waals surface area contributed by atoms with Gasteiger partial charge in [0.05, 0.1) is 25.6 Å². The number of likely N-dealkylation sites (tertiary alicyclic amines) is 1. The zero-order valence-electron chi connectivity index (χ0n) is 16.3. The summed E-state index contributed by atoms with van der Waals surface area (Å²) in [4.78, 5) is 18.7. The maximum absolute atomic E-state index is 12.7. The number of hydrogen-bond donors (Lipinski definition) is 1. The van der Waals surface area contributed by atoms with Crippen molar-refractivity contribution in [2.75, 3.05) is 20.2 Å². The monoisotopic (exact) mass is 392 g/mol. The van der Waals surface area contributed by atoms with Crippen molar-refractivity contribution >= 4 is 16.8 Å². The van der Waals surface area contributed by atoms with Gasteiger partial charge < -0.3 is 19.5 Å². The molecule has 0 radical (unpaired) electrons. The van der Waals surface area contributed by atoms with Crippen LogP contribution in [0.2, 0.25) is 0 Å². The van der Waals surface area contributed by atoms with Crippen LogP contribution in [0.3, 0.4) is 0 Å². The normalized spacial score (nSPS) is 19.2. The lowest BCUT2D eigenvalue weighted by molar-refractivity contribution is -0.136. The Hall–Kier alpha value is -3.12. The fourth-order valence-corrected chi connectivity index (χ4v) is 3.70. The van der Waals surface area contributed by atoms with Crippen LogP contribution < -0.4 is 9.47 Å². The summed E-state index contributed by atoms with van der Waals surface area (Å²) >= 11 is 0. The van der Waals surface area contributed by atoms with Crippen LogP contribution in [0.25, 0.3) is 10.9 Å². The first-order chi connectivity index (χ1) is 14.1. The van der Waals surface area contributed by atoms with Crippen molar-refractivity contribution in [2.45, 2.75) is 25.0 Å². The Kier molecular flexibility index (Phi) is 5.62. The van der Waals surface area contributed by atoms with Crippen molar-refractivity contribution in [3.8, 4) is 11.5 Å². The molecule has 1 N–H and O–H groups in total. The van der Waals surface area contributed by atoms with Gasteiger partial charge in [-0.15, -0.1) is 0 Å². The number of amides is 1. The number of aliphatic hydroxyl groups is 1. The number of ether oxygens (including phenoxy) is 2. The molecule has 4 rings (SSSR count). The molecule has 29 heavy (non-hydrogen) atoms. The summed E-state index contributed by atoms with van der Waals surface area (Å²) in [7, 11) is 1.60. The maximum atomic E-state index is 12.7. The number of rotatable bonds is 5. The Labute approximate surface area is 169 Å². The Morgan fingerprint density at radius 1 is 1.21 bits per heavy atom. The van der Waals surface area contributed by atoms with Crippen LogP contribution in [0.4, 0.5) is 0 Å². The number of piperidine rings is 1. The van der Waals surface area contributed by atoms with Gasteiger partial charge in [-0.1, -0.05) is 24.3 Å². The number of pyridine rings is 1. The smallest absolute Gasteiger partial charge is 0.227 e. The number of benzene rings is 2. The van der Waals surface area contributed by atoms with Crippen LogP contribution in [-0.4, -0.2) is 53.3 Å². The summed E-state index contributed by atoms with van der Waals surface area (Å²) in [5, 5.41) is 11.6. The van der Waals surface area contributed by atoms with E-state index in [1.54, 1.807) is 18.2 Å². The average Bonchev–Trinajstić information content (AvgIpc) is 2.75. The highest BCUT2D eigenvalue weighted by molar-refractivity contribution is 5.80. The highest BCUT2D eigenvalue weighted by Crippen LogP contribution is 2.24. The van der Waals surface area contributed by atoms with E-state index in [1.807, 2.05) is 54.6 Å². The van der Waals surface area contributed by atoms with E-state index in [9.17, 15) is 9.90 Å². The fraction of sp³-hybridized carbons (Fsp3) is 0.304. The summed E-state index contributed by atoms with van der Waals surface area (Å²) < 4.78 is 11.3. The van der Waals surface area contributed by atoms with Crippen molar-refractivity contribution in [1.29, 1.82) is 0 Å². The summed E-state index contributed by atoms with van der Waals surface area (Å²) in [6.07, 6.45) is 1.49. The summed E-state index contributed by atoms with van der Waals surface area (Å²) in [5.74, 6) is 1.37. The zero-order valence-corrected chi connectivity index (χ0v) is 16.3. The molecule has 2 heterocycles. The van der Waals surface area contributed by atoms with Gasteiger partial charge in [-0.2, -0.15) is 0 Å². The van der Waals surface area contributed by atoms with Gasteiger partial charge in [-0.3, -0.25) is 9.78 Å². The number of para-hydroxylation sites is 1. The standard InChI is InChI=1S/C23H24N2O4/c1-28-21-7-3-2-5-17(21)14-23(27)25-12-10-22(20(26)15-25)29-18-8-9-19-16(13-18)6-4-11-24-19/h2-9,11,13,20,22,26H,10,12,14-15H2,1H3/t20-,22-/m1/s1. The number of hydrogen-bond acceptors (Lipinski definition) is 5. The molecule has 1 aromatic heterocycles. The van der Waals surface area contributed by atoms with Gasteiger partial charge in [0.2, 0.25) is 5.91 Å². The van der Waals surface area contributed by atoms with E-state index in [4.69, 9.17) is 9.47 Å². The van der Waals surface area contributed by atoms with Gasteiger partial charge >= 0.3 is 0 Å². The molecule has 0 aliphatic carbocycles. The molecule has 2 atom stereocenters. The first-order valence-electron chi connectivity index (χ1n) is 9.73. The van der Waals surface area contributed by atoms with Crippen molar-refractivity contribution in [2.24, 2.45) is 0 Å². The molecule has 0 bridgehead atoms. The Bertz CT molecular complexity index is 1010. The van der Waals surface area contributed by atoms with Crippen molar-refractivity contribution in [1.82, 2.24) is 9.88 Å². The second-order valence-electron chi connectivity index (χ2n) is 7.20. The lowest BCUT2D eigenvalue weighted by Gasteiger charge is -2.36. The number of carbonyl (C=O) groups is 1. The molecule has 2 aromatic carbocycles. The molecular weight excluding hydrogens is 368 g/mol. The Morgan fingerprint density at radius 2 is 2.07 bits per heavy atom. The Morgan fingerprint density at radius 3 is 2.90 bits per heavy atom. The molecule has 1 aliphatic heterocycles. The summed E-state index contributed by atoms with van der Waals surface area (Å²) in [5.41, 5.74) is 1.75. The third-order valence-electron chi connectivity index (χ3n) is 5.27. The minimum Gasteiger partial charge on any atom is -0.496 e. The van der Waals surface area contributed by atoms with Gasteiger partial charge in [0.15, 0.2) is 0 Å². The van der Waals surface area contributed by atoms with Gasteiger partial charge in [0.25, 0.3) is 0 Å². The van der Waals surface area contributed by atoms with Gasteiger partial charge in [0.1, 0.15) is 23.7 Å². The van der Waals surface area contributed by atoms with Gasteiger partial charge in [-0.25, -0.2) is 0 Å². The molecule has 150 valence electrons. The first-order valence-corrected chi connectivity index (χ1v) is 9.73. The van der Waals surface area contributed by atoms with E-state index < -0.39 is 6.10 Å². The molecule has 0 unspecified atom stereocenters. The van der Waals surface area contributed by atoms with Gasteiger partial charge in [0, 0.05) is 30.1 Å². The molecular formula is C23H24N2O4. The lowest BCUT2D eigenvalue weighted by atomic mass is 10.0. The molecule has 1 saturated heterocycles. The number of carbonyl (C=O) groups excluding carboxylic acids is 1. The number of β-amino-alcohol motifs (C(OH)–C–C–N with tert-alkyl or cyclic N) is 1. The predicted molar refractivity (Wildman–Crippen MR) is 110 cm³/mol. The lowest BCUT2D eigenvalue weighted by Crippen LogP contribution is -2.51. The van der Waals surface area contributed by atoms with Crippen LogP contribution in [-0.2, 0) is 11.2 Å². The molecule has 0 spiro atoms. The molecule has 3 aromatic rings. The second kappa shape index (κ2) is 8.49. The molecule has 1 fully saturated rings. The molecule has 1 amide bonds. The number of fused-ring (bicyclic) bond motifs is 1. The van der Waals surface area contributed by atoms with Crippen LogP contribution in [0.5, 0.6) is 11.5 Å². The molecule has 1 aliphatic rings. The minimum absolute atomic E-state index is 0.0243. The highest BCUT2D eigenvalue weighted by atomic mass is 16.5. The van der Waals surface area contributed by atoms with E-state index in [2.05, 4.69) is 4.98 Å². The molecule has 0 saturated carbocycles. The third-order valence-corrected chi connectivity index (χ3v) is 5.27. The maximum Gasteiger partial charge on any atom is 0.227 e. The van der Waals surface area contributed by atoms with Crippen molar-refractivity contribution in [3.05, 3.63) is 66.4 Å². The van der Waals surface area contributed by atoms with E-state index >= 15 is 0 Å². The van der Waals surface area contributed by atoms with Crippen LogP contribution in [0.1, 0.15) is 12.0 Å². The predicted octanol–water partition coefficient (Wildman–Crippen LogP) is 2.83. The van der Waals surface area contributed by atoms with E-state index in [1.165, 1.54) is 0 Å². The topological polar surface area (TPSA) is 71.9 Å². The van der Waals surface area contributed by atoms with E-state index in [-0.39, 0.29) is 25.0 Å². The first kappa shape index (κ1) is 19.2. The Balaban J connectivity index is 1.38. The fourth-order valence-electron chi connectivity index (χ4n) is 3.70. The van der Waals surface area contributed by atoms with Crippen molar-refractivity contribution in [3.63, 3.8) is 0 Å². The summed E-state index contributed by atoms with van der Waals surface area (Å²) in [6, 6.07) is 17.0. The zero-order chi connectivity index (χ0) is 20.2. The quantitative estimate of drug-likeness (QED) is 0.723. The van der Waals surface area contributed by atoms with E-state index in [0.717, 1.165) is 16.5 Å². The third kappa shape index (κ3) is 4.32. The average molecular weight is 392 g/mol. The van der Waals surface area contributed by atoms with Crippen molar-refractivity contribution < 1.29 is 19.4 Å². The molecule has 6 heteroatoms. The summed E-state index contributed by atoms with van der Waals surface area (Å²) in [6.45, 7) is 0.804. The highest BCUT2D eigenvalue weighted by Gasteiger charge is 2.31. The largest absolute Gasteiger partial charge is 0.496 e. The molecule has 6 nitrogen and oxygen atoms in total. The van der Waals surface area contributed by atoms with Crippen LogP contribution >= 0.6 is 0 Å². The van der Waals surface area contributed by atoms with Crippen LogP contribution in [0.15, 0.2) is 60.8 Å². The van der Waals surface area contributed by atoms with Crippen LogP contribution in [0, 0.1) is 0 Å². The second-order valence-corrected chi connectivity index (χ2v) is 7.20. The van der Waals surface area contributed by atoms with E-state index in [0.29, 0.717) is 24.5 Å². The number of aliphatic hydroxyl groups excluding tert-OH is 1. The minimum atomic E-state index is -0.741. The number of aromatic nitrogens is 1. The number of methoxy groups -OCH3 is 1. The SMILES string of the molecule is COc1ccccc1CC(=O)N1CC[C@@H](Oc2ccc3ncccc3c2)[C@H](O)C1.